The number of unbranched alkanes of at least 4 members (excludes halogenated alkanes) is 1. The summed E-state index contributed by atoms with van der Waals surface area (Å²) >= 11 is 1.60. The molecule has 0 aliphatic carbocycles. The predicted octanol–water partition coefficient (Wildman–Crippen LogP) is 2.31. The van der Waals surface area contributed by atoms with Gasteiger partial charge in [-0.05, 0) is 19.3 Å². The van der Waals surface area contributed by atoms with Crippen LogP contribution in [0.15, 0.2) is 24.3 Å². The number of carbonyl (C=O) groups is 3. The quantitative estimate of drug-likeness (QED) is 0.555. The highest BCUT2D eigenvalue weighted by Crippen LogP contribution is 2.65. The number of aliphatic hydroxyl groups excluding tert-OH is 1. The highest BCUT2D eigenvalue weighted by Gasteiger charge is 2.74. The maximum absolute atomic E-state index is 14.3. The molecule has 0 aromatic carbocycles. The molecule has 7 nitrogen and oxygen atoms in total. The number of hydrogen-bond acceptors (Lipinski definition) is 5. The third kappa shape index (κ3) is 3.63. The summed E-state index contributed by atoms with van der Waals surface area (Å²) < 4.78 is -1.42. The van der Waals surface area contributed by atoms with E-state index < -0.39 is 33.4 Å². The van der Waals surface area contributed by atoms with Gasteiger partial charge in [-0.25, -0.2) is 0 Å². The van der Waals surface area contributed by atoms with Gasteiger partial charge in [-0.2, -0.15) is 0 Å². The molecule has 0 radical (unpaired) electrons. The molecule has 34 heavy (non-hydrogen) atoms. The normalized spacial score (nSPS) is 36.8. The van der Waals surface area contributed by atoms with E-state index in [1.807, 2.05) is 37.8 Å². The van der Waals surface area contributed by atoms with Crippen molar-refractivity contribution in [2.24, 2.45) is 17.8 Å². The molecule has 0 aromatic rings. The Kier molecular flexibility index (Phi) is 6.95. The van der Waals surface area contributed by atoms with Gasteiger partial charge in [0, 0.05) is 31.4 Å². The molecule has 4 aliphatic rings. The van der Waals surface area contributed by atoms with E-state index in [0.29, 0.717) is 19.6 Å². The summed E-state index contributed by atoms with van der Waals surface area (Å²) in [5.41, 5.74) is 0. The minimum absolute atomic E-state index is 0.0257. The topological polar surface area (TPSA) is 81.2 Å². The number of hydrogen-bond donors (Lipinski definition) is 1. The minimum Gasteiger partial charge on any atom is -0.394 e. The molecule has 188 valence electrons. The minimum atomic E-state index is -0.840. The summed E-state index contributed by atoms with van der Waals surface area (Å²) in [5, 5.41) is 10.4. The molecule has 0 saturated carbocycles. The maximum Gasteiger partial charge on any atom is 0.247 e. The van der Waals surface area contributed by atoms with E-state index in [1.54, 1.807) is 28.6 Å². The van der Waals surface area contributed by atoms with Crippen molar-refractivity contribution in [1.82, 2.24) is 14.7 Å². The zero-order chi connectivity index (χ0) is 24.8. The van der Waals surface area contributed by atoms with Crippen LogP contribution in [0.5, 0.6) is 0 Å². The largest absolute Gasteiger partial charge is 0.394 e. The number of nitrogens with zero attached hydrogens (tertiary/aromatic N) is 3. The monoisotopic (exact) mass is 489 g/mol. The van der Waals surface area contributed by atoms with E-state index in [4.69, 9.17) is 0 Å². The molecule has 2 fully saturated rings. The van der Waals surface area contributed by atoms with Gasteiger partial charge >= 0.3 is 0 Å². The van der Waals surface area contributed by atoms with Crippen molar-refractivity contribution in [2.45, 2.75) is 68.5 Å². The third-order valence-electron chi connectivity index (χ3n) is 8.41. The fourth-order valence-corrected chi connectivity index (χ4v) is 8.50. The predicted molar refractivity (Wildman–Crippen MR) is 134 cm³/mol. The lowest BCUT2D eigenvalue weighted by atomic mass is 9.74. The highest BCUT2D eigenvalue weighted by atomic mass is 32.2. The second-order valence-corrected chi connectivity index (χ2v) is 12.3. The number of amides is 3. The molecule has 0 bridgehead atoms. The number of likely N-dealkylation sites (N-methyl/N-ethyl adjacent to an activating group) is 1. The second-order valence-electron chi connectivity index (χ2n) is 10.5. The van der Waals surface area contributed by atoms with E-state index in [-0.39, 0.29) is 30.2 Å². The Balaban J connectivity index is 1.89. The molecule has 1 N–H and O–H groups in total. The first-order valence-corrected chi connectivity index (χ1v) is 13.5. The fourth-order valence-electron chi connectivity index (χ4n) is 6.35. The van der Waals surface area contributed by atoms with E-state index in [9.17, 15) is 19.5 Å². The first kappa shape index (κ1) is 25.3. The third-order valence-corrected chi connectivity index (χ3v) is 10.2. The van der Waals surface area contributed by atoms with Crippen LogP contribution in [0.4, 0.5) is 0 Å². The van der Waals surface area contributed by atoms with Gasteiger partial charge < -0.3 is 19.8 Å². The molecule has 3 amide bonds. The maximum atomic E-state index is 14.3. The molecule has 2 saturated heterocycles. The first-order valence-electron chi connectivity index (χ1n) is 12.7. The van der Waals surface area contributed by atoms with Crippen LogP contribution < -0.4 is 0 Å². The Bertz CT molecular complexity index is 906. The van der Waals surface area contributed by atoms with Crippen LogP contribution in [-0.2, 0) is 14.4 Å². The van der Waals surface area contributed by atoms with Crippen molar-refractivity contribution in [3.63, 3.8) is 0 Å². The van der Waals surface area contributed by atoms with Gasteiger partial charge in [-0.1, -0.05) is 57.9 Å². The van der Waals surface area contributed by atoms with Gasteiger partial charge in [0.1, 0.15) is 6.04 Å². The van der Waals surface area contributed by atoms with Gasteiger partial charge in [-0.15, -0.1) is 11.8 Å². The SMILES string of the molecule is CCCCN1CC=C[C@]23S[C@]4(C)C=CCN(C)C(=O)[C@@H]4[C@H]2C(=O)N([C@@H](CO)[C@@H](C)CC)C3C1=O. The molecular weight excluding hydrogens is 450 g/mol. The number of aliphatic hydroxyl groups is 1. The van der Waals surface area contributed by atoms with Crippen LogP contribution in [0.3, 0.4) is 0 Å². The van der Waals surface area contributed by atoms with Gasteiger partial charge in [0.05, 0.1) is 29.2 Å². The van der Waals surface area contributed by atoms with E-state index in [0.717, 1.165) is 19.3 Å². The van der Waals surface area contributed by atoms with Gasteiger partial charge in [0.25, 0.3) is 0 Å². The highest BCUT2D eigenvalue weighted by molar-refractivity contribution is 8.02. The molecule has 7 atom stereocenters. The summed E-state index contributed by atoms with van der Waals surface area (Å²) in [6.07, 6.45) is 10.8. The first-order chi connectivity index (χ1) is 16.2. The standard InChI is InChI=1S/C26H39N3O4S/c1-6-8-14-28-15-10-12-26-20(19-22(31)27(5)13-9-11-25(19,4)34-26)23(32)29(21(26)24(28)33)18(16-30)17(3)7-2/h9-12,17-21,30H,6-8,13-16H2,1-5H3/t17-,18-,19-,20-,21?,25+,26-/m0/s1. The lowest BCUT2D eigenvalue weighted by molar-refractivity contribution is -0.148. The number of thioether (sulfide) groups is 1. The van der Waals surface area contributed by atoms with Crippen molar-refractivity contribution in [3.05, 3.63) is 24.3 Å². The van der Waals surface area contributed by atoms with Crippen molar-refractivity contribution >= 4 is 29.5 Å². The van der Waals surface area contributed by atoms with Crippen LogP contribution in [-0.4, -0.2) is 92.4 Å². The molecule has 4 rings (SSSR count). The van der Waals surface area contributed by atoms with Crippen molar-refractivity contribution in [2.75, 3.05) is 33.3 Å². The Labute approximate surface area is 207 Å². The zero-order valence-electron chi connectivity index (χ0n) is 21.1. The van der Waals surface area contributed by atoms with Crippen molar-refractivity contribution < 1.29 is 19.5 Å². The van der Waals surface area contributed by atoms with Crippen molar-refractivity contribution in [1.29, 1.82) is 0 Å². The van der Waals surface area contributed by atoms with Crippen LogP contribution in [0.2, 0.25) is 0 Å². The number of carbonyl (C=O) groups excluding carboxylic acids is 3. The number of rotatable bonds is 7. The zero-order valence-corrected chi connectivity index (χ0v) is 21.9. The Morgan fingerprint density at radius 3 is 2.44 bits per heavy atom. The van der Waals surface area contributed by atoms with Crippen LogP contribution in [0.1, 0.15) is 47.0 Å². The molecular formula is C26H39N3O4S. The second kappa shape index (κ2) is 9.34. The smallest absolute Gasteiger partial charge is 0.247 e. The van der Waals surface area contributed by atoms with Crippen molar-refractivity contribution in [3.8, 4) is 0 Å². The van der Waals surface area contributed by atoms with E-state index in [2.05, 4.69) is 19.1 Å². The lowest BCUT2D eigenvalue weighted by Crippen LogP contribution is -2.58. The summed E-state index contributed by atoms with van der Waals surface area (Å²) in [7, 11) is 1.78. The lowest BCUT2D eigenvalue weighted by Gasteiger charge is -2.41. The molecule has 1 unspecified atom stereocenters. The summed E-state index contributed by atoms with van der Waals surface area (Å²) in [5.74, 6) is -1.45. The molecule has 4 heterocycles. The molecule has 1 spiro atoms. The van der Waals surface area contributed by atoms with E-state index >= 15 is 0 Å². The average molecular weight is 490 g/mol. The van der Waals surface area contributed by atoms with Gasteiger partial charge in [-0.3, -0.25) is 14.4 Å². The summed E-state index contributed by atoms with van der Waals surface area (Å²) in [6.45, 7) is 9.64. The molecule has 4 aliphatic heterocycles. The van der Waals surface area contributed by atoms with Crippen LogP contribution in [0.25, 0.3) is 0 Å². The Hall–Kier alpha value is -1.80. The fraction of sp³-hybridized carbons (Fsp3) is 0.731. The van der Waals surface area contributed by atoms with E-state index in [1.165, 1.54) is 0 Å². The Morgan fingerprint density at radius 2 is 1.79 bits per heavy atom. The van der Waals surface area contributed by atoms with Crippen LogP contribution in [0, 0.1) is 17.8 Å². The summed E-state index contributed by atoms with van der Waals surface area (Å²) in [4.78, 5) is 47.3. The van der Waals surface area contributed by atoms with Gasteiger partial charge in [0.2, 0.25) is 17.7 Å². The number of fused-ring (bicyclic) bond motifs is 2. The Morgan fingerprint density at radius 1 is 1.09 bits per heavy atom. The average Bonchev–Trinajstić information content (AvgIpc) is 3.09. The van der Waals surface area contributed by atoms with Gasteiger partial charge in [0.15, 0.2) is 0 Å². The summed E-state index contributed by atoms with van der Waals surface area (Å²) in [6, 6.07) is -1.19. The molecule has 0 aromatic heterocycles. The molecule has 8 heteroatoms. The van der Waals surface area contributed by atoms with Crippen LogP contribution >= 0.6 is 11.8 Å². The number of likely N-dealkylation sites (tertiary alicyclic amines) is 1.